The van der Waals surface area contributed by atoms with Gasteiger partial charge < -0.3 is 15.8 Å². The van der Waals surface area contributed by atoms with Gasteiger partial charge in [-0.2, -0.15) is 0 Å². The average molecular weight is 327 g/mol. The summed E-state index contributed by atoms with van der Waals surface area (Å²) in [5, 5.41) is 2.66. The van der Waals surface area contributed by atoms with Crippen LogP contribution in [0, 0.1) is 0 Å². The van der Waals surface area contributed by atoms with Crippen molar-refractivity contribution in [1.82, 2.24) is 5.32 Å². The predicted octanol–water partition coefficient (Wildman–Crippen LogP) is 2.75. The van der Waals surface area contributed by atoms with E-state index in [-0.39, 0.29) is 36.7 Å². The zero-order chi connectivity index (χ0) is 15.2. The molecule has 1 aromatic rings. The number of benzene rings is 1. The van der Waals surface area contributed by atoms with Gasteiger partial charge in [0, 0.05) is 19.0 Å². The number of ether oxygens (including phenoxy) is 1. The highest BCUT2D eigenvalue weighted by molar-refractivity contribution is 5.85. The van der Waals surface area contributed by atoms with Gasteiger partial charge >= 0.3 is 6.36 Å². The van der Waals surface area contributed by atoms with E-state index >= 15 is 0 Å². The van der Waals surface area contributed by atoms with Gasteiger partial charge in [0.1, 0.15) is 5.75 Å². The molecule has 0 saturated heterocycles. The SMILES string of the molecule is CC(N)CCC(=O)NCc1ccc(OC(F)(F)F)cc1.Cl. The Labute approximate surface area is 127 Å². The fraction of sp³-hybridized carbons (Fsp3) is 0.462. The number of hydrogen-bond donors (Lipinski definition) is 2. The highest BCUT2D eigenvalue weighted by atomic mass is 35.5. The number of carbonyl (C=O) groups excluding carboxylic acids is 1. The Hall–Kier alpha value is -1.47. The summed E-state index contributed by atoms with van der Waals surface area (Å²) in [7, 11) is 0. The molecule has 3 N–H and O–H groups in total. The molecule has 1 unspecified atom stereocenters. The molecule has 120 valence electrons. The minimum Gasteiger partial charge on any atom is -0.406 e. The van der Waals surface area contributed by atoms with E-state index in [9.17, 15) is 18.0 Å². The smallest absolute Gasteiger partial charge is 0.406 e. The minimum atomic E-state index is -4.70. The Kier molecular flexibility index (Phi) is 8.12. The number of rotatable bonds is 6. The van der Waals surface area contributed by atoms with E-state index in [4.69, 9.17) is 5.73 Å². The molecule has 21 heavy (non-hydrogen) atoms. The Morgan fingerprint density at radius 3 is 2.38 bits per heavy atom. The largest absolute Gasteiger partial charge is 0.573 e. The molecular weight excluding hydrogens is 309 g/mol. The molecule has 0 spiro atoms. The van der Waals surface area contributed by atoms with E-state index in [1.54, 1.807) is 0 Å². The molecule has 0 aliphatic rings. The van der Waals surface area contributed by atoms with Crippen molar-refractivity contribution >= 4 is 18.3 Å². The van der Waals surface area contributed by atoms with Gasteiger partial charge in [-0.1, -0.05) is 12.1 Å². The second-order valence-corrected chi connectivity index (χ2v) is 4.48. The van der Waals surface area contributed by atoms with Gasteiger partial charge in [-0.15, -0.1) is 25.6 Å². The number of alkyl halides is 3. The lowest BCUT2D eigenvalue weighted by atomic mass is 10.2. The molecule has 1 amide bonds. The summed E-state index contributed by atoms with van der Waals surface area (Å²) in [6, 6.07) is 5.30. The van der Waals surface area contributed by atoms with Crippen LogP contribution in [0.5, 0.6) is 5.75 Å². The molecule has 1 atom stereocenters. The summed E-state index contributed by atoms with van der Waals surface area (Å²) in [5.74, 6) is -0.428. The maximum absolute atomic E-state index is 12.0. The lowest BCUT2D eigenvalue weighted by molar-refractivity contribution is -0.274. The number of nitrogens with one attached hydrogen (secondary N) is 1. The number of nitrogens with two attached hydrogens (primary N) is 1. The molecule has 0 bridgehead atoms. The van der Waals surface area contributed by atoms with Crippen molar-refractivity contribution in [1.29, 1.82) is 0 Å². The molecule has 4 nitrogen and oxygen atoms in total. The maximum atomic E-state index is 12.0. The Morgan fingerprint density at radius 1 is 1.33 bits per heavy atom. The fourth-order valence-electron chi connectivity index (χ4n) is 1.46. The van der Waals surface area contributed by atoms with Crippen LogP contribution < -0.4 is 15.8 Å². The second-order valence-electron chi connectivity index (χ2n) is 4.48. The van der Waals surface area contributed by atoms with Crippen LogP contribution in [-0.2, 0) is 11.3 Å². The van der Waals surface area contributed by atoms with Crippen molar-refractivity contribution in [2.75, 3.05) is 0 Å². The number of carbonyl (C=O) groups is 1. The van der Waals surface area contributed by atoms with Crippen molar-refractivity contribution in [2.45, 2.75) is 38.7 Å². The number of amides is 1. The van der Waals surface area contributed by atoms with Gasteiger partial charge in [0.25, 0.3) is 0 Å². The van der Waals surface area contributed by atoms with Crippen molar-refractivity contribution in [2.24, 2.45) is 5.73 Å². The van der Waals surface area contributed by atoms with E-state index < -0.39 is 6.36 Å². The number of halogens is 4. The monoisotopic (exact) mass is 326 g/mol. The Balaban J connectivity index is 0.00000400. The summed E-state index contributed by atoms with van der Waals surface area (Å²) in [4.78, 5) is 11.4. The normalized spacial score (nSPS) is 12.2. The molecule has 0 radical (unpaired) electrons. The van der Waals surface area contributed by atoms with Crippen LogP contribution in [0.1, 0.15) is 25.3 Å². The van der Waals surface area contributed by atoms with Crippen molar-refractivity contribution < 1.29 is 22.7 Å². The van der Waals surface area contributed by atoms with Crippen LogP contribution in [0.15, 0.2) is 24.3 Å². The van der Waals surface area contributed by atoms with E-state index in [2.05, 4.69) is 10.1 Å². The van der Waals surface area contributed by atoms with Gasteiger partial charge in [0.05, 0.1) is 0 Å². The number of hydrogen-bond acceptors (Lipinski definition) is 3. The minimum absolute atomic E-state index is 0. The lowest BCUT2D eigenvalue weighted by Crippen LogP contribution is -2.25. The third kappa shape index (κ3) is 9.14. The van der Waals surface area contributed by atoms with Crippen molar-refractivity contribution in [3.63, 3.8) is 0 Å². The zero-order valence-electron chi connectivity index (χ0n) is 11.4. The molecule has 1 aromatic carbocycles. The molecule has 1 rings (SSSR count). The standard InChI is InChI=1S/C13H17F3N2O2.ClH/c1-9(17)2-7-12(19)18-8-10-3-5-11(6-4-10)20-13(14,15)16;/h3-6,9H,2,7-8,17H2,1H3,(H,18,19);1H. The van der Waals surface area contributed by atoms with Crippen molar-refractivity contribution in [3.8, 4) is 5.75 Å². The first-order valence-electron chi connectivity index (χ1n) is 6.13. The summed E-state index contributed by atoms with van der Waals surface area (Å²) >= 11 is 0. The van der Waals surface area contributed by atoms with E-state index in [0.717, 1.165) is 0 Å². The highest BCUT2D eigenvalue weighted by Crippen LogP contribution is 2.22. The predicted molar refractivity (Wildman–Crippen MR) is 75.1 cm³/mol. The van der Waals surface area contributed by atoms with Crippen LogP contribution in [-0.4, -0.2) is 18.3 Å². The first-order valence-corrected chi connectivity index (χ1v) is 6.13. The zero-order valence-corrected chi connectivity index (χ0v) is 12.3. The van der Waals surface area contributed by atoms with Gasteiger partial charge in [0.15, 0.2) is 0 Å². The topological polar surface area (TPSA) is 64.4 Å². The van der Waals surface area contributed by atoms with Crippen LogP contribution in [0.3, 0.4) is 0 Å². The van der Waals surface area contributed by atoms with Crippen LogP contribution in [0.2, 0.25) is 0 Å². The third-order valence-corrected chi connectivity index (χ3v) is 2.47. The first kappa shape index (κ1) is 19.5. The summed E-state index contributed by atoms with van der Waals surface area (Å²) in [5.41, 5.74) is 6.22. The van der Waals surface area contributed by atoms with E-state index in [0.29, 0.717) is 18.4 Å². The van der Waals surface area contributed by atoms with E-state index in [1.807, 2.05) is 6.92 Å². The molecule has 0 fully saturated rings. The second kappa shape index (κ2) is 8.74. The Bertz CT molecular complexity index is 436. The van der Waals surface area contributed by atoms with Crippen LogP contribution in [0.4, 0.5) is 13.2 Å². The molecule has 8 heteroatoms. The molecule has 0 aliphatic carbocycles. The molecule has 0 aliphatic heterocycles. The summed E-state index contributed by atoms with van der Waals surface area (Å²) in [6.07, 6.45) is -3.79. The average Bonchev–Trinajstić information content (AvgIpc) is 2.33. The Morgan fingerprint density at radius 2 is 1.90 bits per heavy atom. The molecular formula is C13H18ClF3N2O2. The fourth-order valence-corrected chi connectivity index (χ4v) is 1.46. The summed E-state index contributed by atoms with van der Waals surface area (Å²) in [6.45, 7) is 2.07. The van der Waals surface area contributed by atoms with Gasteiger partial charge in [-0.3, -0.25) is 4.79 Å². The molecule has 0 aromatic heterocycles. The lowest BCUT2D eigenvalue weighted by Gasteiger charge is -2.10. The summed E-state index contributed by atoms with van der Waals surface area (Å²) < 4.78 is 39.6. The van der Waals surface area contributed by atoms with Gasteiger partial charge in [-0.25, -0.2) is 0 Å². The van der Waals surface area contributed by atoms with E-state index in [1.165, 1.54) is 24.3 Å². The molecule has 0 saturated carbocycles. The van der Waals surface area contributed by atoms with Gasteiger partial charge in [0.2, 0.25) is 5.91 Å². The quantitative estimate of drug-likeness (QED) is 0.845. The van der Waals surface area contributed by atoms with Gasteiger partial charge in [-0.05, 0) is 31.0 Å². The highest BCUT2D eigenvalue weighted by Gasteiger charge is 2.30. The third-order valence-electron chi connectivity index (χ3n) is 2.47. The van der Waals surface area contributed by atoms with Crippen molar-refractivity contribution in [3.05, 3.63) is 29.8 Å². The van der Waals surface area contributed by atoms with Crippen LogP contribution in [0.25, 0.3) is 0 Å². The molecule has 0 heterocycles. The first-order chi connectivity index (χ1) is 9.26. The van der Waals surface area contributed by atoms with Crippen LogP contribution >= 0.6 is 12.4 Å². The maximum Gasteiger partial charge on any atom is 0.573 e.